The van der Waals surface area contributed by atoms with E-state index in [9.17, 15) is 4.79 Å². The molecule has 5 rings (SSSR count). The molecule has 4 heterocycles. The fraction of sp³-hybridized carbons (Fsp3) is 0.320. The van der Waals surface area contributed by atoms with Crippen LogP contribution in [0.3, 0.4) is 0 Å². The van der Waals surface area contributed by atoms with Crippen molar-refractivity contribution < 1.29 is 4.79 Å². The van der Waals surface area contributed by atoms with Crippen molar-refractivity contribution in [2.45, 2.75) is 30.7 Å². The standard InChI is InChI=1S/C25H27N7OS2/c1-18-6-8-20(9-7-18)32-23(19-5-4-10-26-15-19)29-30-25(32)35-17-22-28-21(16-34-22)24(33)27-11-14-31-12-2-3-13-31/h4-10,15-16H,2-3,11-14,17H2,1H3,(H,27,33). The molecule has 8 nitrogen and oxygen atoms in total. The normalized spacial score (nSPS) is 13.9. The molecule has 10 heteroatoms. The summed E-state index contributed by atoms with van der Waals surface area (Å²) in [6.45, 7) is 5.87. The Morgan fingerprint density at radius 3 is 2.74 bits per heavy atom. The van der Waals surface area contributed by atoms with Crippen molar-refractivity contribution in [3.8, 4) is 17.1 Å². The monoisotopic (exact) mass is 505 g/mol. The smallest absolute Gasteiger partial charge is 0.270 e. The quantitative estimate of drug-likeness (QED) is 0.341. The van der Waals surface area contributed by atoms with Gasteiger partial charge < -0.3 is 10.2 Å². The molecule has 3 aromatic heterocycles. The summed E-state index contributed by atoms with van der Waals surface area (Å²) in [4.78, 5) is 23.7. The first-order chi connectivity index (χ1) is 17.2. The lowest BCUT2D eigenvalue weighted by Gasteiger charge is -2.14. The highest BCUT2D eigenvalue weighted by molar-refractivity contribution is 7.98. The van der Waals surface area contributed by atoms with Crippen LogP contribution in [0.1, 0.15) is 33.9 Å². The van der Waals surface area contributed by atoms with Crippen molar-refractivity contribution >= 4 is 29.0 Å². The molecule has 0 saturated carbocycles. The van der Waals surface area contributed by atoms with Gasteiger partial charge in [0.1, 0.15) is 10.7 Å². The molecule has 0 unspecified atom stereocenters. The van der Waals surface area contributed by atoms with E-state index in [2.05, 4.69) is 61.6 Å². The highest BCUT2D eigenvalue weighted by Gasteiger charge is 2.18. The lowest BCUT2D eigenvalue weighted by Crippen LogP contribution is -2.33. The summed E-state index contributed by atoms with van der Waals surface area (Å²) in [5, 5.41) is 15.4. The molecule has 1 fully saturated rings. The topological polar surface area (TPSA) is 88.8 Å². The van der Waals surface area contributed by atoms with Crippen LogP contribution in [0.25, 0.3) is 17.1 Å². The zero-order valence-corrected chi connectivity index (χ0v) is 21.2. The summed E-state index contributed by atoms with van der Waals surface area (Å²) in [6.07, 6.45) is 6.04. The molecule has 0 radical (unpaired) electrons. The number of hydrogen-bond acceptors (Lipinski definition) is 8. The van der Waals surface area contributed by atoms with Crippen molar-refractivity contribution in [1.29, 1.82) is 0 Å². The molecular weight excluding hydrogens is 478 g/mol. The van der Waals surface area contributed by atoms with E-state index in [0.29, 0.717) is 18.0 Å². The Bertz CT molecular complexity index is 1260. The summed E-state index contributed by atoms with van der Waals surface area (Å²) in [5.41, 5.74) is 3.55. The number of likely N-dealkylation sites (tertiary alicyclic amines) is 1. The lowest BCUT2D eigenvalue weighted by molar-refractivity contribution is 0.0945. The number of carbonyl (C=O) groups excluding carboxylic acids is 1. The number of aryl methyl sites for hydroxylation is 1. The second-order valence-electron chi connectivity index (χ2n) is 8.44. The number of thioether (sulfide) groups is 1. The third-order valence-electron chi connectivity index (χ3n) is 5.87. The number of rotatable bonds is 9. The van der Waals surface area contributed by atoms with Gasteiger partial charge in [0.2, 0.25) is 0 Å². The first-order valence-corrected chi connectivity index (χ1v) is 13.5. The summed E-state index contributed by atoms with van der Waals surface area (Å²) in [7, 11) is 0. The molecule has 1 aliphatic rings. The number of pyridine rings is 1. The van der Waals surface area contributed by atoms with E-state index in [1.54, 1.807) is 24.2 Å². The van der Waals surface area contributed by atoms with Crippen molar-refractivity contribution in [2.75, 3.05) is 26.2 Å². The fourth-order valence-corrected chi connectivity index (χ4v) is 5.75. The highest BCUT2D eigenvalue weighted by Crippen LogP contribution is 2.30. The third-order valence-corrected chi connectivity index (χ3v) is 7.84. The summed E-state index contributed by atoms with van der Waals surface area (Å²) in [6, 6.07) is 12.2. The van der Waals surface area contributed by atoms with Gasteiger partial charge in [0.05, 0.1) is 5.75 Å². The Labute approximate surface area is 212 Å². The van der Waals surface area contributed by atoms with E-state index >= 15 is 0 Å². The van der Waals surface area contributed by atoms with Crippen molar-refractivity contribution in [2.24, 2.45) is 0 Å². The van der Waals surface area contributed by atoms with E-state index < -0.39 is 0 Å². The van der Waals surface area contributed by atoms with Gasteiger partial charge >= 0.3 is 0 Å². The van der Waals surface area contributed by atoms with E-state index in [4.69, 9.17) is 0 Å². The number of thiazole rings is 1. The number of carbonyl (C=O) groups is 1. The summed E-state index contributed by atoms with van der Waals surface area (Å²) < 4.78 is 2.04. The molecule has 35 heavy (non-hydrogen) atoms. The molecule has 180 valence electrons. The SMILES string of the molecule is Cc1ccc(-n2c(SCc3nc(C(=O)NCCN4CCCC4)cs3)nnc2-c2cccnc2)cc1. The van der Waals surface area contributed by atoms with Gasteiger partial charge in [-0.3, -0.25) is 14.3 Å². The van der Waals surface area contributed by atoms with Gasteiger partial charge in [-0.15, -0.1) is 21.5 Å². The summed E-state index contributed by atoms with van der Waals surface area (Å²) >= 11 is 3.04. The van der Waals surface area contributed by atoms with Gasteiger partial charge in [0.25, 0.3) is 5.91 Å². The Kier molecular flexibility index (Phi) is 7.51. The first kappa shape index (κ1) is 23.7. The minimum absolute atomic E-state index is 0.113. The van der Waals surface area contributed by atoms with Crippen molar-refractivity contribution in [3.63, 3.8) is 0 Å². The van der Waals surface area contributed by atoms with Gasteiger partial charge in [-0.25, -0.2) is 4.98 Å². The van der Waals surface area contributed by atoms with Crippen LogP contribution >= 0.6 is 23.1 Å². The molecule has 0 atom stereocenters. The molecule has 4 aromatic rings. The Balaban J connectivity index is 1.27. The number of hydrogen-bond donors (Lipinski definition) is 1. The van der Waals surface area contributed by atoms with E-state index in [1.807, 2.05) is 22.1 Å². The molecule has 1 aromatic carbocycles. The maximum atomic E-state index is 12.5. The maximum absolute atomic E-state index is 12.5. The predicted octanol–water partition coefficient (Wildman–Crippen LogP) is 4.21. The van der Waals surface area contributed by atoms with Gasteiger partial charge in [-0.1, -0.05) is 29.5 Å². The van der Waals surface area contributed by atoms with Crippen LogP contribution in [0.4, 0.5) is 0 Å². The number of aromatic nitrogens is 5. The second kappa shape index (κ2) is 11.1. The van der Waals surface area contributed by atoms with Crippen LogP contribution in [-0.2, 0) is 5.75 Å². The number of benzene rings is 1. The molecule has 1 saturated heterocycles. The molecule has 0 spiro atoms. The maximum Gasteiger partial charge on any atom is 0.270 e. The average molecular weight is 506 g/mol. The largest absolute Gasteiger partial charge is 0.349 e. The van der Waals surface area contributed by atoms with Crippen LogP contribution in [-0.4, -0.2) is 61.7 Å². The number of nitrogens with one attached hydrogen (secondary N) is 1. The average Bonchev–Trinajstić information content (AvgIpc) is 3.65. The molecule has 1 aliphatic heterocycles. The van der Waals surface area contributed by atoms with Crippen molar-refractivity contribution in [1.82, 2.24) is 34.9 Å². The van der Waals surface area contributed by atoms with E-state index in [0.717, 1.165) is 46.9 Å². The predicted molar refractivity (Wildman–Crippen MR) is 139 cm³/mol. The van der Waals surface area contributed by atoms with Crippen molar-refractivity contribution in [3.05, 3.63) is 70.4 Å². The number of amides is 1. The van der Waals surface area contributed by atoms with Gasteiger partial charge in [-0.05, 0) is 57.1 Å². The molecule has 1 N–H and O–H groups in total. The van der Waals surface area contributed by atoms with E-state index in [-0.39, 0.29) is 5.91 Å². The fourth-order valence-electron chi connectivity index (χ4n) is 4.00. The lowest BCUT2D eigenvalue weighted by atomic mass is 10.2. The second-order valence-corrected chi connectivity index (χ2v) is 10.3. The van der Waals surface area contributed by atoms with Crippen LogP contribution in [0.5, 0.6) is 0 Å². The summed E-state index contributed by atoms with van der Waals surface area (Å²) in [5.74, 6) is 1.22. The Hall–Kier alpha value is -3.08. The van der Waals surface area contributed by atoms with Crippen LogP contribution in [0.15, 0.2) is 59.3 Å². The van der Waals surface area contributed by atoms with Gasteiger partial charge in [0.15, 0.2) is 11.0 Å². The van der Waals surface area contributed by atoms with Gasteiger partial charge in [0, 0.05) is 42.1 Å². The molecular formula is C25H27N7OS2. The zero-order chi connectivity index (χ0) is 24.0. The zero-order valence-electron chi connectivity index (χ0n) is 19.6. The minimum Gasteiger partial charge on any atom is -0.349 e. The van der Waals surface area contributed by atoms with Crippen LogP contribution in [0, 0.1) is 6.92 Å². The van der Waals surface area contributed by atoms with Crippen LogP contribution in [0.2, 0.25) is 0 Å². The van der Waals surface area contributed by atoms with Crippen LogP contribution < -0.4 is 5.32 Å². The Morgan fingerprint density at radius 1 is 1.14 bits per heavy atom. The molecule has 0 aliphatic carbocycles. The molecule has 1 amide bonds. The first-order valence-electron chi connectivity index (χ1n) is 11.7. The van der Waals surface area contributed by atoms with E-state index in [1.165, 1.54) is 29.7 Å². The highest BCUT2D eigenvalue weighted by atomic mass is 32.2. The third kappa shape index (κ3) is 5.77. The number of nitrogens with zero attached hydrogens (tertiary/aromatic N) is 6. The van der Waals surface area contributed by atoms with Gasteiger partial charge in [-0.2, -0.15) is 0 Å². The Morgan fingerprint density at radius 2 is 1.97 bits per heavy atom. The minimum atomic E-state index is -0.113. The molecule has 0 bridgehead atoms.